The van der Waals surface area contributed by atoms with Crippen molar-refractivity contribution < 1.29 is 23.8 Å². The first-order valence-corrected chi connectivity index (χ1v) is 9.30. The van der Waals surface area contributed by atoms with Gasteiger partial charge in [-0.05, 0) is 31.9 Å². The van der Waals surface area contributed by atoms with E-state index in [1.807, 2.05) is 51.1 Å². The number of amides is 2. The molecule has 2 N–H and O–H groups in total. The van der Waals surface area contributed by atoms with E-state index in [1.54, 1.807) is 7.11 Å². The molecule has 2 aromatic carbocycles. The van der Waals surface area contributed by atoms with Gasteiger partial charge in [0.05, 0.1) is 18.9 Å². The van der Waals surface area contributed by atoms with Crippen LogP contribution in [0.2, 0.25) is 0 Å². The van der Waals surface area contributed by atoms with Gasteiger partial charge >= 0.3 is 6.09 Å². The lowest BCUT2D eigenvalue weighted by molar-refractivity contribution is -0.114. The second kappa shape index (κ2) is 10.6. The lowest BCUT2D eigenvalue weighted by Gasteiger charge is -2.17. The number of nitrogens with one attached hydrogen (secondary N) is 2. The SMILES string of the molecule is COCc1cc(C)cc(COCNC(=O)Oc2c(C)cccc2C)c1NC(C)=O. The standard InChI is InChI=1S/C22H28N2O5/c1-14-9-18(11-27-5)20(24-17(4)25)19(10-14)12-28-13-23-22(26)29-21-15(2)7-6-8-16(21)3/h6-10H,11-13H2,1-5H3,(H,23,26)(H,24,25). The van der Waals surface area contributed by atoms with Crippen LogP contribution in [0.3, 0.4) is 0 Å². The Labute approximate surface area is 171 Å². The number of aryl methyl sites for hydroxylation is 3. The maximum absolute atomic E-state index is 12.0. The number of hydrogen-bond donors (Lipinski definition) is 2. The van der Waals surface area contributed by atoms with Crippen LogP contribution in [-0.2, 0) is 27.5 Å². The molecule has 0 aromatic heterocycles. The van der Waals surface area contributed by atoms with Crippen molar-refractivity contribution in [2.45, 2.75) is 40.9 Å². The normalized spacial score (nSPS) is 10.5. The average molecular weight is 400 g/mol. The van der Waals surface area contributed by atoms with Gasteiger partial charge in [0.1, 0.15) is 12.5 Å². The van der Waals surface area contributed by atoms with Crippen LogP contribution in [0.1, 0.15) is 34.7 Å². The smallest absolute Gasteiger partial charge is 0.410 e. The fourth-order valence-electron chi connectivity index (χ4n) is 3.02. The minimum absolute atomic E-state index is 0.0309. The van der Waals surface area contributed by atoms with Gasteiger partial charge in [0, 0.05) is 25.2 Å². The summed E-state index contributed by atoms with van der Waals surface area (Å²) in [6, 6.07) is 9.55. The summed E-state index contributed by atoms with van der Waals surface area (Å²) >= 11 is 0. The number of carbonyl (C=O) groups is 2. The monoisotopic (exact) mass is 400 g/mol. The van der Waals surface area contributed by atoms with Crippen LogP contribution in [-0.4, -0.2) is 25.8 Å². The minimum Gasteiger partial charge on any atom is -0.410 e. The van der Waals surface area contributed by atoms with E-state index in [0.29, 0.717) is 18.0 Å². The molecule has 29 heavy (non-hydrogen) atoms. The van der Waals surface area contributed by atoms with Crippen molar-refractivity contribution in [1.82, 2.24) is 5.32 Å². The molecular weight excluding hydrogens is 372 g/mol. The molecule has 0 fully saturated rings. The Morgan fingerprint density at radius 3 is 2.21 bits per heavy atom. The van der Waals surface area contributed by atoms with E-state index in [4.69, 9.17) is 14.2 Å². The molecule has 2 aromatic rings. The first-order chi connectivity index (χ1) is 13.8. The maximum atomic E-state index is 12.0. The second-order valence-corrected chi connectivity index (χ2v) is 6.85. The summed E-state index contributed by atoms with van der Waals surface area (Å²) in [7, 11) is 1.60. The van der Waals surface area contributed by atoms with E-state index >= 15 is 0 Å². The van der Waals surface area contributed by atoms with Crippen LogP contribution in [0.25, 0.3) is 0 Å². The Hall–Kier alpha value is -2.90. The number of anilines is 1. The van der Waals surface area contributed by atoms with Crippen LogP contribution < -0.4 is 15.4 Å². The summed E-state index contributed by atoms with van der Waals surface area (Å²) in [5.41, 5.74) is 5.12. The largest absolute Gasteiger partial charge is 0.414 e. The number of hydrogen-bond acceptors (Lipinski definition) is 5. The molecule has 0 aliphatic rings. The van der Waals surface area contributed by atoms with Crippen LogP contribution in [0.15, 0.2) is 30.3 Å². The molecule has 2 rings (SSSR count). The zero-order valence-electron chi connectivity index (χ0n) is 17.5. The third kappa shape index (κ3) is 6.58. The van der Waals surface area contributed by atoms with Gasteiger partial charge in [-0.1, -0.05) is 35.9 Å². The summed E-state index contributed by atoms with van der Waals surface area (Å²) < 4.78 is 16.2. The van der Waals surface area contributed by atoms with Crippen molar-refractivity contribution in [1.29, 1.82) is 0 Å². The average Bonchev–Trinajstić information content (AvgIpc) is 2.64. The molecule has 0 radical (unpaired) electrons. The molecule has 156 valence electrons. The van der Waals surface area contributed by atoms with Crippen molar-refractivity contribution in [3.8, 4) is 5.75 Å². The molecule has 0 saturated heterocycles. The van der Waals surface area contributed by atoms with Crippen molar-refractivity contribution in [2.75, 3.05) is 19.2 Å². The van der Waals surface area contributed by atoms with Gasteiger partial charge in [-0.25, -0.2) is 4.79 Å². The minimum atomic E-state index is -0.589. The van der Waals surface area contributed by atoms with Gasteiger partial charge in [-0.2, -0.15) is 0 Å². The Kier molecular flexibility index (Phi) is 8.18. The first-order valence-electron chi connectivity index (χ1n) is 9.30. The van der Waals surface area contributed by atoms with Crippen molar-refractivity contribution in [3.05, 3.63) is 58.1 Å². The highest BCUT2D eigenvalue weighted by Crippen LogP contribution is 2.25. The quantitative estimate of drug-likeness (QED) is 0.517. The molecule has 0 aliphatic heterocycles. The topological polar surface area (TPSA) is 85.9 Å². The summed E-state index contributed by atoms with van der Waals surface area (Å²) in [4.78, 5) is 23.6. The molecule has 0 aliphatic carbocycles. The first kappa shape index (κ1) is 22.4. The summed E-state index contributed by atoms with van der Waals surface area (Å²) in [5.74, 6) is 0.364. The predicted octanol–water partition coefficient (Wildman–Crippen LogP) is 3.98. The van der Waals surface area contributed by atoms with E-state index in [-0.39, 0.29) is 19.2 Å². The second-order valence-electron chi connectivity index (χ2n) is 6.85. The summed E-state index contributed by atoms with van der Waals surface area (Å²) in [5, 5.41) is 5.41. The third-order valence-electron chi connectivity index (χ3n) is 4.23. The molecule has 2 amide bonds. The Bertz CT molecular complexity index is 859. The van der Waals surface area contributed by atoms with E-state index in [1.165, 1.54) is 6.92 Å². The molecule has 0 heterocycles. The fraction of sp³-hybridized carbons (Fsp3) is 0.364. The maximum Gasteiger partial charge on any atom is 0.414 e. The van der Waals surface area contributed by atoms with Crippen molar-refractivity contribution >= 4 is 17.7 Å². The van der Waals surface area contributed by atoms with E-state index in [2.05, 4.69) is 10.6 Å². The van der Waals surface area contributed by atoms with E-state index in [0.717, 1.165) is 27.8 Å². The Morgan fingerprint density at radius 1 is 1.00 bits per heavy atom. The van der Waals surface area contributed by atoms with Gasteiger partial charge in [-0.15, -0.1) is 0 Å². The lowest BCUT2D eigenvalue weighted by atomic mass is 10.0. The molecule has 0 saturated carbocycles. The molecular formula is C22H28N2O5. The third-order valence-corrected chi connectivity index (χ3v) is 4.23. The van der Waals surface area contributed by atoms with Crippen molar-refractivity contribution in [3.63, 3.8) is 0 Å². The Morgan fingerprint density at radius 2 is 1.62 bits per heavy atom. The van der Waals surface area contributed by atoms with Crippen LogP contribution in [0.4, 0.5) is 10.5 Å². The molecule has 0 bridgehead atoms. The van der Waals surface area contributed by atoms with Gasteiger partial charge in [-0.3, -0.25) is 10.1 Å². The number of carbonyl (C=O) groups excluding carboxylic acids is 2. The molecule has 7 nitrogen and oxygen atoms in total. The molecule has 0 spiro atoms. The number of para-hydroxylation sites is 1. The van der Waals surface area contributed by atoms with Gasteiger partial charge in [0.25, 0.3) is 0 Å². The fourth-order valence-corrected chi connectivity index (χ4v) is 3.02. The highest BCUT2D eigenvalue weighted by Gasteiger charge is 2.13. The van der Waals surface area contributed by atoms with Crippen LogP contribution >= 0.6 is 0 Å². The van der Waals surface area contributed by atoms with E-state index < -0.39 is 6.09 Å². The summed E-state index contributed by atoms with van der Waals surface area (Å²) in [6.07, 6.45) is -0.589. The van der Waals surface area contributed by atoms with Crippen molar-refractivity contribution in [2.24, 2.45) is 0 Å². The molecule has 7 heteroatoms. The predicted molar refractivity (Wildman–Crippen MR) is 111 cm³/mol. The number of rotatable bonds is 8. The highest BCUT2D eigenvalue weighted by atomic mass is 16.6. The zero-order chi connectivity index (χ0) is 21.4. The van der Waals surface area contributed by atoms with Crippen LogP contribution in [0, 0.1) is 20.8 Å². The number of benzene rings is 2. The van der Waals surface area contributed by atoms with Gasteiger partial charge in [0.2, 0.25) is 5.91 Å². The summed E-state index contributed by atoms with van der Waals surface area (Å²) in [6.45, 7) is 7.71. The number of ether oxygens (including phenoxy) is 3. The highest BCUT2D eigenvalue weighted by molar-refractivity contribution is 5.90. The lowest BCUT2D eigenvalue weighted by Crippen LogP contribution is -2.29. The zero-order valence-corrected chi connectivity index (χ0v) is 17.5. The molecule has 0 unspecified atom stereocenters. The molecule has 0 atom stereocenters. The van der Waals surface area contributed by atoms with Gasteiger partial charge < -0.3 is 19.5 Å². The van der Waals surface area contributed by atoms with E-state index in [9.17, 15) is 9.59 Å². The Balaban J connectivity index is 1.97. The van der Waals surface area contributed by atoms with Crippen LogP contribution in [0.5, 0.6) is 5.75 Å². The van der Waals surface area contributed by atoms with Gasteiger partial charge in [0.15, 0.2) is 0 Å². The number of methoxy groups -OCH3 is 1.